The molecule has 2 unspecified atom stereocenters. The van der Waals surface area contributed by atoms with E-state index in [9.17, 15) is 14.4 Å². The maximum Gasteiger partial charge on any atom is 0.335 e. The Labute approximate surface area is 151 Å². The van der Waals surface area contributed by atoms with E-state index in [2.05, 4.69) is 10.6 Å². The second-order valence-electron chi connectivity index (χ2n) is 6.68. The van der Waals surface area contributed by atoms with Gasteiger partial charge in [0.25, 0.3) is 5.91 Å². The molecule has 2 amide bonds. The lowest BCUT2D eigenvalue weighted by Gasteiger charge is -2.10. The molecule has 134 valence electrons. The van der Waals surface area contributed by atoms with Crippen molar-refractivity contribution in [3.8, 4) is 0 Å². The Morgan fingerprint density at radius 1 is 1.00 bits per heavy atom. The first-order valence-corrected chi connectivity index (χ1v) is 8.41. The molecule has 1 fully saturated rings. The zero-order chi connectivity index (χ0) is 18.8. The molecule has 6 nitrogen and oxygen atoms in total. The van der Waals surface area contributed by atoms with Crippen LogP contribution in [0.1, 0.15) is 39.6 Å². The largest absolute Gasteiger partial charge is 0.478 e. The summed E-state index contributed by atoms with van der Waals surface area (Å²) in [4.78, 5) is 35.4. The second-order valence-corrected chi connectivity index (χ2v) is 6.68. The molecule has 0 radical (unpaired) electrons. The normalized spacial score (nSPS) is 18.1. The number of nitrogens with one attached hydrogen (secondary N) is 2. The van der Waals surface area contributed by atoms with Crippen LogP contribution in [-0.4, -0.2) is 22.9 Å². The number of carbonyl (C=O) groups is 3. The lowest BCUT2D eigenvalue weighted by atomic mass is 10.1. The summed E-state index contributed by atoms with van der Waals surface area (Å²) in [5.74, 6) is -0.863. The molecule has 3 N–H and O–H groups in total. The van der Waals surface area contributed by atoms with Crippen LogP contribution in [0, 0.1) is 18.8 Å². The summed E-state index contributed by atoms with van der Waals surface area (Å²) in [6.07, 6.45) is 0.918. The highest BCUT2D eigenvalue weighted by Gasteiger charge is 2.39. The molecular weight excluding hydrogens is 332 g/mol. The molecule has 2 atom stereocenters. The number of aryl methyl sites for hydroxylation is 1. The van der Waals surface area contributed by atoms with E-state index in [1.165, 1.54) is 12.1 Å². The molecule has 0 heterocycles. The fraction of sp³-hybridized carbons (Fsp3) is 0.250. The predicted molar refractivity (Wildman–Crippen MR) is 98.4 cm³/mol. The quantitative estimate of drug-likeness (QED) is 0.767. The zero-order valence-corrected chi connectivity index (χ0v) is 14.6. The van der Waals surface area contributed by atoms with Gasteiger partial charge >= 0.3 is 5.97 Å². The highest BCUT2D eigenvalue weighted by Crippen LogP contribution is 2.38. The van der Waals surface area contributed by atoms with Gasteiger partial charge in [-0.2, -0.15) is 0 Å². The molecule has 1 saturated carbocycles. The van der Waals surface area contributed by atoms with E-state index >= 15 is 0 Å². The topological polar surface area (TPSA) is 95.5 Å². The van der Waals surface area contributed by atoms with Gasteiger partial charge in [0, 0.05) is 22.9 Å². The van der Waals surface area contributed by atoms with Gasteiger partial charge in [0.1, 0.15) is 0 Å². The number of carboxylic acid groups (broad SMARTS) is 1. The highest BCUT2D eigenvalue weighted by molar-refractivity contribution is 6.05. The minimum Gasteiger partial charge on any atom is -0.478 e. The van der Waals surface area contributed by atoms with Crippen LogP contribution in [0.4, 0.5) is 11.4 Å². The summed E-state index contributed by atoms with van der Waals surface area (Å²) in [6, 6.07) is 11.2. The van der Waals surface area contributed by atoms with Crippen molar-refractivity contribution in [2.24, 2.45) is 11.8 Å². The zero-order valence-electron chi connectivity index (χ0n) is 14.6. The van der Waals surface area contributed by atoms with Crippen molar-refractivity contribution >= 4 is 29.2 Å². The summed E-state index contributed by atoms with van der Waals surface area (Å²) < 4.78 is 0. The average Bonchev–Trinajstić information content (AvgIpc) is 3.34. The maximum absolute atomic E-state index is 12.4. The molecule has 0 aromatic heterocycles. The van der Waals surface area contributed by atoms with Gasteiger partial charge < -0.3 is 15.7 Å². The van der Waals surface area contributed by atoms with Crippen molar-refractivity contribution in [3.05, 3.63) is 59.2 Å². The number of amides is 2. The minimum atomic E-state index is -1.05. The summed E-state index contributed by atoms with van der Waals surface area (Å²) in [5.41, 5.74) is 2.40. The second kappa shape index (κ2) is 7.00. The molecule has 0 bridgehead atoms. The molecule has 26 heavy (non-hydrogen) atoms. The Bertz CT molecular complexity index is 874. The Kier molecular flexibility index (Phi) is 4.75. The van der Waals surface area contributed by atoms with Crippen LogP contribution >= 0.6 is 0 Å². The van der Waals surface area contributed by atoms with Crippen molar-refractivity contribution in [1.82, 2.24) is 0 Å². The fourth-order valence-corrected chi connectivity index (χ4v) is 2.71. The number of carbonyl (C=O) groups excluding carboxylic acids is 2. The fourth-order valence-electron chi connectivity index (χ4n) is 2.71. The molecule has 0 aliphatic heterocycles. The summed E-state index contributed by atoms with van der Waals surface area (Å²) in [6.45, 7) is 3.83. The summed E-state index contributed by atoms with van der Waals surface area (Å²) >= 11 is 0. The highest BCUT2D eigenvalue weighted by atomic mass is 16.4. The molecule has 1 aliphatic rings. The Morgan fingerprint density at radius 2 is 1.62 bits per heavy atom. The van der Waals surface area contributed by atoms with Gasteiger partial charge in [-0.05, 0) is 61.2 Å². The van der Waals surface area contributed by atoms with Crippen LogP contribution in [-0.2, 0) is 4.79 Å². The van der Waals surface area contributed by atoms with Gasteiger partial charge in [0.05, 0.1) is 5.56 Å². The van der Waals surface area contributed by atoms with Gasteiger partial charge in [0.2, 0.25) is 5.91 Å². The van der Waals surface area contributed by atoms with Crippen LogP contribution in [0.5, 0.6) is 0 Å². The molecule has 6 heteroatoms. The smallest absolute Gasteiger partial charge is 0.335 e. The number of anilines is 2. The third-order valence-electron chi connectivity index (χ3n) is 4.59. The number of hydrogen-bond donors (Lipinski definition) is 3. The lowest BCUT2D eigenvalue weighted by molar-refractivity contribution is -0.117. The van der Waals surface area contributed by atoms with Crippen LogP contribution < -0.4 is 10.6 Å². The molecule has 3 rings (SSSR count). The van der Waals surface area contributed by atoms with Crippen molar-refractivity contribution in [1.29, 1.82) is 0 Å². The lowest BCUT2D eigenvalue weighted by Crippen LogP contribution is -2.15. The van der Waals surface area contributed by atoms with E-state index in [0.717, 1.165) is 12.0 Å². The standard InChI is InChI=1S/C20H20N2O4/c1-11-3-4-14(20(25)26)10-17(11)22-18(23)13-5-7-15(8-6-13)21-19(24)16-9-12(16)2/h3-8,10,12,16H,9H2,1-2H3,(H,21,24)(H,22,23)(H,25,26). The Morgan fingerprint density at radius 3 is 2.19 bits per heavy atom. The van der Waals surface area contributed by atoms with Gasteiger partial charge in [0.15, 0.2) is 0 Å². The van der Waals surface area contributed by atoms with Gasteiger partial charge in [-0.3, -0.25) is 9.59 Å². The van der Waals surface area contributed by atoms with Crippen molar-refractivity contribution in [3.63, 3.8) is 0 Å². The number of rotatable bonds is 5. The first-order chi connectivity index (χ1) is 12.3. The van der Waals surface area contributed by atoms with Crippen LogP contribution in [0.15, 0.2) is 42.5 Å². The van der Waals surface area contributed by atoms with E-state index < -0.39 is 5.97 Å². The monoisotopic (exact) mass is 352 g/mol. The van der Waals surface area contributed by atoms with E-state index in [4.69, 9.17) is 5.11 Å². The molecule has 0 saturated heterocycles. The Balaban J connectivity index is 1.67. The van der Waals surface area contributed by atoms with E-state index in [0.29, 0.717) is 22.9 Å². The number of aromatic carboxylic acids is 1. The van der Waals surface area contributed by atoms with Crippen molar-refractivity contribution in [2.45, 2.75) is 20.3 Å². The average molecular weight is 352 g/mol. The third-order valence-corrected chi connectivity index (χ3v) is 4.59. The number of hydrogen-bond acceptors (Lipinski definition) is 3. The van der Waals surface area contributed by atoms with Crippen LogP contribution in [0.3, 0.4) is 0 Å². The van der Waals surface area contributed by atoms with E-state index in [1.54, 1.807) is 37.3 Å². The predicted octanol–water partition coefficient (Wildman–Crippen LogP) is 3.54. The molecule has 0 spiro atoms. The number of carboxylic acids is 1. The molecule has 1 aliphatic carbocycles. The van der Waals surface area contributed by atoms with E-state index in [-0.39, 0.29) is 23.3 Å². The first-order valence-electron chi connectivity index (χ1n) is 8.41. The van der Waals surface area contributed by atoms with E-state index in [1.807, 2.05) is 6.92 Å². The summed E-state index contributed by atoms with van der Waals surface area (Å²) in [7, 11) is 0. The van der Waals surface area contributed by atoms with Crippen LogP contribution in [0.25, 0.3) is 0 Å². The maximum atomic E-state index is 12.4. The SMILES string of the molecule is Cc1ccc(C(=O)O)cc1NC(=O)c1ccc(NC(=O)C2CC2C)cc1. The molecule has 2 aromatic carbocycles. The van der Waals surface area contributed by atoms with Crippen molar-refractivity contribution in [2.75, 3.05) is 10.6 Å². The summed E-state index contributed by atoms with van der Waals surface area (Å²) in [5, 5.41) is 14.6. The minimum absolute atomic E-state index is 0.0100. The van der Waals surface area contributed by atoms with Crippen LogP contribution in [0.2, 0.25) is 0 Å². The van der Waals surface area contributed by atoms with Crippen molar-refractivity contribution < 1.29 is 19.5 Å². The third kappa shape index (κ3) is 3.91. The molecule has 2 aromatic rings. The van der Waals surface area contributed by atoms with Gasteiger partial charge in [-0.25, -0.2) is 4.79 Å². The first kappa shape index (κ1) is 17.7. The van der Waals surface area contributed by atoms with Gasteiger partial charge in [-0.15, -0.1) is 0 Å². The van der Waals surface area contributed by atoms with Gasteiger partial charge in [-0.1, -0.05) is 13.0 Å². The molecular formula is C20H20N2O4. The Hall–Kier alpha value is -3.15. The number of benzene rings is 2.